The Labute approximate surface area is 137 Å². The molecule has 0 unspecified atom stereocenters. The van der Waals surface area contributed by atoms with Crippen LogP contribution in [0.15, 0.2) is 0 Å². The van der Waals surface area contributed by atoms with Gasteiger partial charge in [-0.05, 0) is 25.7 Å². The number of rotatable bonds is 10. The maximum Gasteiger partial charge on any atom is 0.107 e. The summed E-state index contributed by atoms with van der Waals surface area (Å²) in [6.45, 7) is 4.09. The van der Waals surface area contributed by atoms with Crippen LogP contribution < -0.4 is 0 Å². The van der Waals surface area contributed by atoms with Gasteiger partial charge in [-0.25, -0.2) is 0 Å². The van der Waals surface area contributed by atoms with E-state index in [-0.39, 0.29) is 12.2 Å². The Hall–Kier alpha value is -0.280. The highest BCUT2D eigenvalue weighted by atomic mass is 16.6. The number of aliphatic hydroxyl groups excluding tert-OH is 2. The van der Waals surface area contributed by atoms with Crippen molar-refractivity contribution < 1.29 is 33.9 Å². The van der Waals surface area contributed by atoms with Crippen molar-refractivity contribution in [2.75, 3.05) is 52.9 Å². The number of hydrogen-bond acceptors (Lipinski definition) is 7. The smallest absolute Gasteiger partial charge is 0.107 e. The third kappa shape index (κ3) is 7.43. The molecule has 0 aromatic rings. The van der Waals surface area contributed by atoms with E-state index in [4.69, 9.17) is 23.7 Å². The Morgan fingerprint density at radius 1 is 0.696 bits per heavy atom. The lowest BCUT2D eigenvalue weighted by Gasteiger charge is -2.27. The summed E-state index contributed by atoms with van der Waals surface area (Å²) in [7, 11) is 0. The molecule has 2 rings (SSSR count). The molecule has 2 aliphatic heterocycles. The molecular formula is C16H30O7. The highest BCUT2D eigenvalue weighted by Crippen LogP contribution is 2.14. The SMILES string of the molecule is O[C@@H]1CCCO[C@@H]1COCCOCCOC[C@H]1OCCC[C@H]1O. The topological polar surface area (TPSA) is 86.6 Å². The summed E-state index contributed by atoms with van der Waals surface area (Å²) < 4.78 is 27.2. The van der Waals surface area contributed by atoms with E-state index in [0.717, 1.165) is 25.7 Å². The van der Waals surface area contributed by atoms with Crippen LogP contribution in [0.1, 0.15) is 25.7 Å². The Morgan fingerprint density at radius 2 is 1.13 bits per heavy atom. The molecule has 0 saturated carbocycles. The summed E-state index contributed by atoms with van der Waals surface area (Å²) in [6.07, 6.45) is 2.10. The summed E-state index contributed by atoms with van der Waals surface area (Å²) in [5, 5.41) is 19.4. The molecule has 0 aromatic heterocycles. The van der Waals surface area contributed by atoms with Crippen molar-refractivity contribution in [1.29, 1.82) is 0 Å². The third-order valence-electron chi connectivity index (χ3n) is 4.12. The maximum absolute atomic E-state index is 9.71. The maximum atomic E-state index is 9.71. The zero-order valence-electron chi connectivity index (χ0n) is 13.7. The average molecular weight is 334 g/mol. The molecule has 2 saturated heterocycles. The molecule has 2 fully saturated rings. The summed E-state index contributed by atoms with van der Waals surface area (Å²) in [5.41, 5.74) is 0. The Balaban J connectivity index is 1.36. The standard InChI is InChI=1S/C16H30O7/c17-13-3-1-5-22-15(13)11-20-9-7-19-8-10-21-12-16-14(18)4-2-6-23-16/h13-18H,1-12H2/t13-,14-,15-,16-/m1/s1. The van der Waals surface area contributed by atoms with Crippen molar-refractivity contribution in [2.45, 2.75) is 50.1 Å². The van der Waals surface area contributed by atoms with E-state index in [0.29, 0.717) is 52.9 Å². The highest BCUT2D eigenvalue weighted by Gasteiger charge is 2.24. The molecule has 0 aromatic carbocycles. The molecule has 0 bridgehead atoms. The summed E-state index contributed by atoms with van der Waals surface area (Å²) >= 11 is 0. The minimum atomic E-state index is -0.421. The zero-order chi connectivity index (χ0) is 16.3. The van der Waals surface area contributed by atoms with Gasteiger partial charge >= 0.3 is 0 Å². The fourth-order valence-corrected chi connectivity index (χ4v) is 2.70. The molecular weight excluding hydrogens is 304 g/mol. The summed E-state index contributed by atoms with van der Waals surface area (Å²) in [6, 6.07) is 0. The molecule has 0 spiro atoms. The van der Waals surface area contributed by atoms with Gasteiger partial charge in [-0.1, -0.05) is 0 Å². The van der Waals surface area contributed by atoms with Gasteiger partial charge in [0.05, 0.1) is 51.8 Å². The molecule has 2 N–H and O–H groups in total. The first-order valence-corrected chi connectivity index (χ1v) is 8.60. The largest absolute Gasteiger partial charge is 0.390 e. The van der Waals surface area contributed by atoms with E-state index >= 15 is 0 Å². The fourth-order valence-electron chi connectivity index (χ4n) is 2.70. The predicted octanol–water partition coefficient (Wildman–Crippen LogP) is 0.116. The number of hydrogen-bond donors (Lipinski definition) is 2. The van der Waals surface area contributed by atoms with Crippen molar-refractivity contribution in [3.8, 4) is 0 Å². The van der Waals surface area contributed by atoms with Crippen LogP contribution in [0.4, 0.5) is 0 Å². The van der Waals surface area contributed by atoms with Crippen LogP contribution in [-0.4, -0.2) is 87.5 Å². The molecule has 7 heteroatoms. The van der Waals surface area contributed by atoms with E-state index in [2.05, 4.69) is 0 Å². The second-order valence-electron chi connectivity index (χ2n) is 6.00. The Bertz CT molecular complexity index is 274. The van der Waals surface area contributed by atoms with E-state index in [1.165, 1.54) is 0 Å². The van der Waals surface area contributed by atoms with E-state index < -0.39 is 12.2 Å². The number of aliphatic hydroxyl groups is 2. The first-order valence-electron chi connectivity index (χ1n) is 8.60. The third-order valence-corrected chi connectivity index (χ3v) is 4.12. The highest BCUT2D eigenvalue weighted by molar-refractivity contribution is 4.73. The van der Waals surface area contributed by atoms with Gasteiger partial charge in [-0.15, -0.1) is 0 Å². The Morgan fingerprint density at radius 3 is 1.57 bits per heavy atom. The van der Waals surface area contributed by atoms with Crippen molar-refractivity contribution in [3.63, 3.8) is 0 Å². The van der Waals surface area contributed by atoms with Crippen LogP contribution in [0.25, 0.3) is 0 Å². The second-order valence-corrected chi connectivity index (χ2v) is 6.00. The normalized spacial score (nSPS) is 32.1. The molecule has 0 aliphatic carbocycles. The molecule has 2 heterocycles. The van der Waals surface area contributed by atoms with Gasteiger partial charge in [-0.2, -0.15) is 0 Å². The summed E-state index contributed by atoms with van der Waals surface area (Å²) in [4.78, 5) is 0. The van der Waals surface area contributed by atoms with Gasteiger partial charge in [0.1, 0.15) is 12.2 Å². The quantitative estimate of drug-likeness (QED) is 0.549. The van der Waals surface area contributed by atoms with E-state index in [1.54, 1.807) is 0 Å². The van der Waals surface area contributed by atoms with Gasteiger partial charge in [0.15, 0.2) is 0 Å². The predicted molar refractivity (Wildman–Crippen MR) is 82.4 cm³/mol. The molecule has 0 amide bonds. The van der Waals surface area contributed by atoms with E-state index in [1.807, 2.05) is 0 Å². The van der Waals surface area contributed by atoms with Crippen LogP contribution in [0.2, 0.25) is 0 Å². The molecule has 136 valence electrons. The molecule has 7 nitrogen and oxygen atoms in total. The van der Waals surface area contributed by atoms with Gasteiger partial charge in [0, 0.05) is 13.2 Å². The lowest BCUT2D eigenvalue weighted by molar-refractivity contribution is -0.116. The van der Waals surface area contributed by atoms with Crippen LogP contribution in [0.5, 0.6) is 0 Å². The van der Waals surface area contributed by atoms with Crippen LogP contribution in [0, 0.1) is 0 Å². The molecule has 0 radical (unpaired) electrons. The first kappa shape index (κ1) is 19.1. The Kier molecular flexibility index (Phi) is 9.36. The van der Waals surface area contributed by atoms with Crippen molar-refractivity contribution >= 4 is 0 Å². The first-order chi connectivity index (χ1) is 11.3. The summed E-state index contributed by atoms with van der Waals surface area (Å²) in [5.74, 6) is 0. The van der Waals surface area contributed by atoms with Gasteiger partial charge in [0.2, 0.25) is 0 Å². The van der Waals surface area contributed by atoms with Gasteiger partial charge in [0.25, 0.3) is 0 Å². The monoisotopic (exact) mass is 334 g/mol. The lowest BCUT2D eigenvalue weighted by Crippen LogP contribution is -2.38. The van der Waals surface area contributed by atoms with Crippen molar-refractivity contribution in [2.24, 2.45) is 0 Å². The van der Waals surface area contributed by atoms with Gasteiger partial charge < -0.3 is 33.9 Å². The average Bonchev–Trinajstić information content (AvgIpc) is 2.56. The minimum absolute atomic E-state index is 0.214. The van der Waals surface area contributed by atoms with Crippen LogP contribution >= 0.6 is 0 Å². The molecule has 23 heavy (non-hydrogen) atoms. The second kappa shape index (κ2) is 11.3. The minimum Gasteiger partial charge on any atom is -0.390 e. The van der Waals surface area contributed by atoms with E-state index in [9.17, 15) is 10.2 Å². The lowest BCUT2D eigenvalue weighted by atomic mass is 10.1. The zero-order valence-corrected chi connectivity index (χ0v) is 13.7. The van der Waals surface area contributed by atoms with Gasteiger partial charge in [-0.3, -0.25) is 0 Å². The van der Waals surface area contributed by atoms with Crippen molar-refractivity contribution in [3.05, 3.63) is 0 Å². The van der Waals surface area contributed by atoms with Crippen LogP contribution in [-0.2, 0) is 23.7 Å². The fraction of sp³-hybridized carbons (Fsp3) is 1.00. The van der Waals surface area contributed by atoms with Crippen LogP contribution in [0.3, 0.4) is 0 Å². The molecule has 4 atom stereocenters. The van der Waals surface area contributed by atoms with Crippen molar-refractivity contribution in [1.82, 2.24) is 0 Å². The molecule has 2 aliphatic rings. The number of ether oxygens (including phenoxy) is 5.